The standard InChI is InChI=1S/C15H25NO4/c1-3-10-8-12(13(9-10)15(18)19)14(17)16-6-4-11(20-2)5-7-16/h10-13H,3-9H2,1-2H3,(H,18,19). The molecule has 1 aliphatic carbocycles. The van der Waals surface area contributed by atoms with Crippen molar-refractivity contribution in [3.05, 3.63) is 0 Å². The Morgan fingerprint density at radius 1 is 1.20 bits per heavy atom. The number of rotatable bonds is 4. The molecule has 0 aromatic carbocycles. The first kappa shape index (κ1) is 15.3. The second kappa shape index (κ2) is 6.57. The third-order valence-corrected chi connectivity index (χ3v) is 4.96. The zero-order valence-electron chi connectivity index (χ0n) is 12.4. The van der Waals surface area contributed by atoms with Crippen LogP contribution >= 0.6 is 0 Å². The third kappa shape index (κ3) is 3.14. The van der Waals surface area contributed by atoms with Crippen LogP contribution < -0.4 is 0 Å². The fourth-order valence-electron chi connectivity index (χ4n) is 3.57. The first-order valence-electron chi connectivity index (χ1n) is 7.61. The third-order valence-electron chi connectivity index (χ3n) is 4.96. The Morgan fingerprint density at radius 3 is 2.30 bits per heavy atom. The van der Waals surface area contributed by atoms with Crippen LogP contribution in [0.2, 0.25) is 0 Å². The fraction of sp³-hybridized carbons (Fsp3) is 0.867. The van der Waals surface area contributed by atoms with Gasteiger partial charge >= 0.3 is 5.97 Å². The minimum Gasteiger partial charge on any atom is -0.481 e. The topological polar surface area (TPSA) is 66.8 Å². The summed E-state index contributed by atoms with van der Waals surface area (Å²) in [6, 6.07) is 0. The molecule has 0 radical (unpaired) electrons. The number of likely N-dealkylation sites (tertiary alicyclic amines) is 1. The maximum atomic E-state index is 12.6. The van der Waals surface area contributed by atoms with Gasteiger partial charge in [0, 0.05) is 20.2 Å². The van der Waals surface area contributed by atoms with Crippen LogP contribution in [0.1, 0.15) is 39.0 Å². The SMILES string of the molecule is CCC1CC(C(=O)O)C(C(=O)N2CCC(OC)CC2)C1. The number of piperidine rings is 1. The minimum absolute atomic E-state index is 0.0444. The van der Waals surface area contributed by atoms with Gasteiger partial charge in [-0.25, -0.2) is 0 Å². The first-order chi connectivity index (χ1) is 9.56. The van der Waals surface area contributed by atoms with E-state index in [9.17, 15) is 14.7 Å². The van der Waals surface area contributed by atoms with E-state index in [4.69, 9.17) is 4.74 Å². The summed E-state index contributed by atoms with van der Waals surface area (Å²) in [5.74, 6) is -1.21. The van der Waals surface area contributed by atoms with Crippen molar-refractivity contribution >= 4 is 11.9 Å². The highest BCUT2D eigenvalue weighted by molar-refractivity contribution is 5.85. The van der Waals surface area contributed by atoms with Gasteiger partial charge in [0.15, 0.2) is 0 Å². The smallest absolute Gasteiger partial charge is 0.307 e. The highest BCUT2D eigenvalue weighted by Crippen LogP contribution is 2.39. The van der Waals surface area contributed by atoms with Gasteiger partial charge in [-0.1, -0.05) is 13.3 Å². The summed E-state index contributed by atoms with van der Waals surface area (Å²) in [7, 11) is 1.70. The van der Waals surface area contributed by atoms with Crippen LogP contribution in [-0.4, -0.2) is 48.2 Å². The number of carbonyl (C=O) groups excluding carboxylic acids is 1. The van der Waals surface area contributed by atoms with Gasteiger partial charge in [0.05, 0.1) is 17.9 Å². The second-order valence-electron chi connectivity index (χ2n) is 6.06. The maximum absolute atomic E-state index is 12.6. The largest absolute Gasteiger partial charge is 0.481 e. The van der Waals surface area contributed by atoms with Crippen molar-refractivity contribution in [2.75, 3.05) is 20.2 Å². The van der Waals surface area contributed by atoms with Gasteiger partial charge in [-0.05, 0) is 31.6 Å². The number of aliphatic carboxylic acids is 1. The Bertz CT molecular complexity index is 363. The number of amides is 1. The molecule has 5 nitrogen and oxygen atoms in total. The monoisotopic (exact) mass is 283 g/mol. The van der Waals surface area contributed by atoms with Gasteiger partial charge < -0.3 is 14.7 Å². The molecule has 1 aliphatic heterocycles. The zero-order chi connectivity index (χ0) is 14.7. The molecule has 114 valence electrons. The fourth-order valence-corrected chi connectivity index (χ4v) is 3.57. The quantitative estimate of drug-likeness (QED) is 0.853. The number of hydrogen-bond donors (Lipinski definition) is 1. The van der Waals surface area contributed by atoms with Gasteiger partial charge in [0.1, 0.15) is 0 Å². The van der Waals surface area contributed by atoms with Crippen molar-refractivity contribution in [1.82, 2.24) is 4.90 Å². The molecule has 3 atom stereocenters. The maximum Gasteiger partial charge on any atom is 0.307 e. The molecule has 1 N–H and O–H groups in total. The minimum atomic E-state index is -0.814. The van der Waals surface area contributed by atoms with Crippen LogP contribution in [0.5, 0.6) is 0 Å². The Labute approximate surface area is 120 Å². The summed E-state index contributed by atoms with van der Waals surface area (Å²) >= 11 is 0. The average molecular weight is 283 g/mol. The molecule has 20 heavy (non-hydrogen) atoms. The molecule has 0 bridgehead atoms. The van der Waals surface area contributed by atoms with E-state index in [1.54, 1.807) is 7.11 Å². The van der Waals surface area contributed by atoms with Gasteiger partial charge in [0.25, 0.3) is 0 Å². The number of carboxylic acid groups (broad SMARTS) is 1. The number of nitrogens with zero attached hydrogens (tertiary/aromatic N) is 1. The molecule has 3 unspecified atom stereocenters. The normalized spacial score (nSPS) is 31.5. The summed E-state index contributed by atoms with van der Waals surface area (Å²) in [6.07, 6.45) is 4.28. The predicted octanol–water partition coefficient (Wildman–Crippen LogP) is 1.76. The Balaban J connectivity index is 1.99. The average Bonchev–Trinajstić information content (AvgIpc) is 2.91. The van der Waals surface area contributed by atoms with Crippen molar-refractivity contribution in [2.45, 2.75) is 45.1 Å². The van der Waals surface area contributed by atoms with E-state index < -0.39 is 11.9 Å². The van der Waals surface area contributed by atoms with E-state index >= 15 is 0 Å². The summed E-state index contributed by atoms with van der Waals surface area (Å²) < 4.78 is 5.31. The predicted molar refractivity (Wildman–Crippen MR) is 74.2 cm³/mol. The van der Waals surface area contributed by atoms with Gasteiger partial charge in [-0.15, -0.1) is 0 Å². The lowest BCUT2D eigenvalue weighted by atomic mass is 9.93. The molecule has 0 aromatic heterocycles. The summed E-state index contributed by atoms with van der Waals surface area (Å²) in [5, 5.41) is 9.33. The second-order valence-corrected chi connectivity index (χ2v) is 6.06. The molecule has 1 heterocycles. The number of ether oxygens (including phenoxy) is 1. The Hall–Kier alpha value is -1.10. The lowest BCUT2D eigenvalue weighted by Crippen LogP contribution is -2.45. The molecule has 1 saturated carbocycles. The van der Waals surface area contributed by atoms with E-state index in [2.05, 4.69) is 6.92 Å². The van der Waals surface area contributed by atoms with Crippen molar-refractivity contribution in [1.29, 1.82) is 0 Å². The summed E-state index contributed by atoms with van der Waals surface area (Å²) in [5.41, 5.74) is 0. The van der Waals surface area contributed by atoms with Crippen molar-refractivity contribution in [3.8, 4) is 0 Å². The van der Waals surface area contributed by atoms with Gasteiger partial charge in [-0.3, -0.25) is 9.59 Å². The van der Waals surface area contributed by atoms with Gasteiger partial charge in [-0.2, -0.15) is 0 Å². The van der Waals surface area contributed by atoms with Crippen molar-refractivity contribution in [2.24, 2.45) is 17.8 Å². The van der Waals surface area contributed by atoms with Crippen LogP contribution in [0.4, 0.5) is 0 Å². The van der Waals surface area contributed by atoms with E-state index in [1.807, 2.05) is 4.90 Å². The number of carboxylic acids is 1. The number of methoxy groups -OCH3 is 1. The van der Waals surface area contributed by atoms with Crippen molar-refractivity contribution in [3.63, 3.8) is 0 Å². The molecule has 2 aliphatic rings. The van der Waals surface area contributed by atoms with E-state index in [0.29, 0.717) is 25.4 Å². The highest BCUT2D eigenvalue weighted by Gasteiger charge is 2.44. The summed E-state index contributed by atoms with van der Waals surface area (Å²) in [4.78, 5) is 25.8. The molecule has 2 rings (SSSR count). The Kier molecular flexibility index (Phi) is 5.02. The molecular weight excluding hydrogens is 258 g/mol. The lowest BCUT2D eigenvalue weighted by molar-refractivity contribution is -0.150. The molecule has 1 amide bonds. The molecule has 2 fully saturated rings. The van der Waals surface area contributed by atoms with Crippen LogP contribution in [0.25, 0.3) is 0 Å². The molecule has 1 saturated heterocycles. The molecule has 5 heteroatoms. The summed E-state index contributed by atoms with van der Waals surface area (Å²) in [6.45, 7) is 3.45. The lowest BCUT2D eigenvalue weighted by Gasteiger charge is -2.33. The van der Waals surface area contributed by atoms with Crippen LogP contribution in [-0.2, 0) is 14.3 Å². The number of carbonyl (C=O) groups is 2. The van der Waals surface area contributed by atoms with Crippen LogP contribution in [0.3, 0.4) is 0 Å². The highest BCUT2D eigenvalue weighted by atomic mass is 16.5. The molecule has 0 spiro atoms. The van der Waals surface area contributed by atoms with E-state index in [-0.39, 0.29) is 17.9 Å². The van der Waals surface area contributed by atoms with E-state index in [1.165, 1.54) is 0 Å². The molecule has 0 aromatic rings. The van der Waals surface area contributed by atoms with Gasteiger partial charge in [0.2, 0.25) is 5.91 Å². The Morgan fingerprint density at radius 2 is 1.80 bits per heavy atom. The van der Waals surface area contributed by atoms with Crippen molar-refractivity contribution < 1.29 is 19.4 Å². The zero-order valence-corrected chi connectivity index (χ0v) is 12.4. The van der Waals surface area contributed by atoms with E-state index in [0.717, 1.165) is 25.7 Å². The first-order valence-corrected chi connectivity index (χ1v) is 7.61. The van der Waals surface area contributed by atoms with Crippen LogP contribution in [0.15, 0.2) is 0 Å². The number of hydrogen-bond acceptors (Lipinski definition) is 3. The van der Waals surface area contributed by atoms with Crippen LogP contribution in [0, 0.1) is 17.8 Å². The molecular formula is C15H25NO4.